The van der Waals surface area contributed by atoms with Crippen molar-refractivity contribution >= 4 is 5.91 Å². The van der Waals surface area contributed by atoms with E-state index in [1.807, 2.05) is 23.1 Å². The molecule has 5 heteroatoms. The van der Waals surface area contributed by atoms with Crippen molar-refractivity contribution in [2.75, 3.05) is 33.3 Å². The highest BCUT2D eigenvalue weighted by molar-refractivity contribution is 5.97. The predicted octanol–water partition coefficient (Wildman–Crippen LogP) is 4.52. The quantitative estimate of drug-likeness (QED) is 0.602. The first-order chi connectivity index (χ1) is 14.0. The van der Waals surface area contributed by atoms with E-state index in [4.69, 9.17) is 9.47 Å². The number of amides is 1. The van der Waals surface area contributed by atoms with Gasteiger partial charge < -0.3 is 19.3 Å². The van der Waals surface area contributed by atoms with Crippen LogP contribution in [0.4, 0.5) is 0 Å². The van der Waals surface area contributed by atoms with Crippen LogP contribution in [0, 0.1) is 0 Å². The summed E-state index contributed by atoms with van der Waals surface area (Å²) in [5.74, 6) is 1.46. The summed E-state index contributed by atoms with van der Waals surface area (Å²) >= 11 is 0. The third-order valence-electron chi connectivity index (χ3n) is 6.19. The average molecular weight is 401 g/mol. The number of carbonyl (C=O) groups excluding carboxylic acids is 1. The van der Waals surface area contributed by atoms with Crippen LogP contribution >= 0.6 is 0 Å². The summed E-state index contributed by atoms with van der Waals surface area (Å²) in [4.78, 5) is 17.4. The Kier molecular flexibility index (Phi) is 7.59. The van der Waals surface area contributed by atoms with Gasteiger partial charge in [-0.05, 0) is 64.5 Å². The van der Waals surface area contributed by atoms with E-state index in [2.05, 4.69) is 25.3 Å². The summed E-state index contributed by atoms with van der Waals surface area (Å²) in [6.07, 6.45) is 6.50. The zero-order valence-electron chi connectivity index (χ0n) is 18.3. The monoisotopic (exact) mass is 400 g/mol. The smallest absolute Gasteiger partial charge is 0.257 e. The highest BCUT2D eigenvalue weighted by Crippen LogP contribution is 2.30. The van der Waals surface area contributed by atoms with Crippen molar-refractivity contribution < 1.29 is 14.3 Å². The van der Waals surface area contributed by atoms with Gasteiger partial charge in [0, 0.05) is 38.3 Å². The number of ether oxygens (including phenoxy) is 2. The number of hydrogen-bond acceptors (Lipinski definition) is 4. The number of hydrogen-bond donors (Lipinski definition) is 0. The van der Waals surface area contributed by atoms with Gasteiger partial charge in [-0.2, -0.15) is 0 Å². The molecule has 2 saturated heterocycles. The largest absolute Gasteiger partial charge is 0.497 e. The number of carbonyl (C=O) groups is 1. The van der Waals surface area contributed by atoms with Gasteiger partial charge in [0.25, 0.3) is 5.91 Å². The molecule has 2 aliphatic rings. The van der Waals surface area contributed by atoms with Crippen LogP contribution in [0.1, 0.15) is 62.7 Å². The molecule has 2 fully saturated rings. The molecule has 0 N–H and O–H groups in total. The molecule has 0 saturated carbocycles. The Hall–Kier alpha value is -2.01. The van der Waals surface area contributed by atoms with Crippen molar-refractivity contribution in [1.82, 2.24) is 9.80 Å². The number of benzene rings is 1. The average Bonchev–Trinajstić information content (AvgIpc) is 3.27. The molecule has 1 amide bonds. The number of piperidine rings is 1. The summed E-state index contributed by atoms with van der Waals surface area (Å²) < 4.78 is 11.7. The van der Waals surface area contributed by atoms with Gasteiger partial charge in [0.1, 0.15) is 17.6 Å². The third kappa shape index (κ3) is 5.75. The lowest BCUT2D eigenvalue weighted by Crippen LogP contribution is -2.43. The molecule has 0 radical (unpaired) electrons. The van der Waals surface area contributed by atoms with Crippen molar-refractivity contribution in [3.63, 3.8) is 0 Å². The second kappa shape index (κ2) is 10.1. The lowest BCUT2D eigenvalue weighted by Gasteiger charge is -2.36. The summed E-state index contributed by atoms with van der Waals surface area (Å²) in [6.45, 7) is 12.2. The maximum Gasteiger partial charge on any atom is 0.257 e. The Morgan fingerprint density at radius 1 is 1.21 bits per heavy atom. The van der Waals surface area contributed by atoms with Crippen molar-refractivity contribution in [2.45, 2.75) is 64.5 Å². The Bertz CT molecular complexity index is 704. The first kappa shape index (κ1) is 21.7. The molecule has 3 rings (SSSR count). The molecule has 160 valence electrons. The van der Waals surface area contributed by atoms with Crippen molar-refractivity contribution in [3.8, 4) is 11.5 Å². The Morgan fingerprint density at radius 3 is 2.52 bits per heavy atom. The van der Waals surface area contributed by atoms with E-state index in [1.165, 1.54) is 5.57 Å². The lowest BCUT2D eigenvalue weighted by atomic mass is 10.0. The van der Waals surface area contributed by atoms with Crippen molar-refractivity contribution in [1.29, 1.82) is 0 Å². The minimum absolute atomic E-state index is 0.0750. The van der Waals surface area contributed by atoms with Crippen LogP contribution in [0.2, 0.25) is 0 Å². The van der Waals surface area contributed by atoms with Crippen LogP contribution in [0.5, 0.6) is 11.5 Å². The van der Waals surface area contributed by atoms with Crippen molar-refractivity contribution in [3.05, 3.63) is 35.9 Å². The predicted molar refractivity (Wildman–Crippen MR) is 117 cm³/mol. The fourth-order valence-corrected chi connectivity index (χ4v) is 4.25. The van der Waals surface area contributed by atoms with Gasteiger partial charge in [-0.1, -0.05) is 5.57 Å². The third-order valence-corrected chi connectivity index (χ3v) is 6.19. The minimum atomic E-state index is 0.0750. The topological polar surface area (TPSA) is 42.0 Å². The van der Waals surface area contributed by atoms with Gasteiger partial charge in [-0.3, -0.25) is 4.79 Å². The summed E-state index contributed by atoms with van der Waals surface area (Å²) in [6, 6.07) is 6.13. The van der Waals surface area contributed by atoms with Gasteiger partial charge in [0.05, 0.1) is 12.7 Å². The summed E-state index contributed by atoms with van der Waals surface area (Å²) in [5, 5.41) is 0. The van der Waals surface area contributed by atoms with Crippen LogP contribution in [0.15, 0.2) is 30.4 Å². The van der Waals surface area contributed by atoms with Gasteiger partial charge in [-0.25, -0.2) is 0 Å². The fourth-order valence-electron chi connectivity index (χ4n) is 4.25. The highest BCUT2D eigenvalue weighted by Gasteiger charge is 2.27. The number of allylic oxidation sites excluding steroid dienone is 1. The normalized spacial score (nSPS) is 19.2. The maximum atomic E-state index is 13.0. The van der Waals surface area contributed by atoms with E-state index in [0.29, 0.717) is 17.4 Å². The van der Waals surface area contributed by atoms with Crippen LogP contribution in [0.25, 0.3) is 0 Å². The minimum Gasteiger partial charge on any atom is -0.497 e. The van der Waals surface area contributed by atoms with Crippen LogP contribution in [0.3, 0.4) is 0 Å². The zero-order chi connectivity index (χ0) is 20.8. The van der Waals surface area contributed by atoms with E-state index in [1.54, 1.807) is 7.11 Å². The standard InChI is InChI=1S/C24H36N2O3/c1-18(2)7-8-19(3)25-15-11-20(12-16-25)29-23-17-21(28-4)9-10-22(23)24(27)26-13-5-6-14-26/h9-10,17,19-20H,1,5-8,11-16H2,2-4H3. The SMILES string of the molecule is C=C(C)CCC(C)N1CCC(Oc2cc(OC)ccc2C(=O)N2CCCC2)CC1. The lowest BCUT2D eigenvalue weighted by molar-refractivity contribution is 0.0717. The van der Waals surface area contributed by atoms with Crippen LogP contribution in [-0.2, 0) is 0 Å². The first-order valence-electron chi connectivity index (χ1n) is 11.0. The molecule has 1 unspecified atom stereocenters. The maximum absolute atomic E-state index is 13.0. The second-order valence-electron chi connectivity index (χ2n) is 8.56. The molecule has 0 spiro atoms. The molecule has 5 nitrogen and oxygen atoms in total. The number of nitrogens with zero attached hydrogens (tertiary/aromatic N) is 2. The molecule has 2 aliphatic heterocycles. The van der Waals surface area contributed by atoms with Gasteiger partial charge in [-0.15, -0.1) is 6.58 Å². The van der Waals surface area contributed by atoms with E-state index in [0.717, 1.165) is 70.5 Å². The van der Waals surface area contributed by atoms with Gasteiger partial charge in [0.2, 0.25) is 0 Å². The molecular formula is C24H36N2O3. The highest BCUT2D eigenvalue weighted by atomic mass is 16.5. The number of methoxy groups -OCH3 is 1. The van der Waals surface area contributed by atoms with Crippen LogP contribution < -0.4 is 9.47 Å². The van der Waals surface area contributed by atoms with E-state index in [-0.39, 0.29) is 12.0 Å². The van der Waals surface area contributed by atoms with Crippen molar-refractivity contribution in [2.24, 2.45) is 0 Å². The number of rotatable bonds is 8. The summed E-state index contributed by atoms with van der Waals surface area (Å²) in [5.41, 5.74) is 1.91. The molecule has 2 heterocycles. The van der Waals surface area contributed by atoms with E-state index < -0.39 is 0 Å². The summed E-state index contributed by atoms with van der Waals surface area (Å²) in [7, 11) is 1.64. The molecule has 0 aliphatic carbocycles. The fraction of sp³-hybridized carbons (Fsp3) is 0.625. The van der Waals surface area contributed by atoms with Gasteiger partial charge in [0.15, 0.2) is 0 Å². The molecule has 1 atom stereocenters. The molecule has 29 heavy (non-hydrogen) atoms. The molecular weight excluding hydrogens is 364 g/mol. The Morgan fingerprint density at radius 2 is 1.90 bits per heavy atom. The van der Waals surface area contributed by atoms with Crippen LogP contribution in [-0.4, -0.2) is 61.1 Å². The Labute approximate surface area is 175 Å². The molecule has 1 aromatic carbocycles. The number of likely N-dealkylation sites (tertiary alicyclic amines) is 2. The van der Waals surface area contributed by atoms with Gasteiger partial charge >= 0.3 is 0 Å². The van der Waals surface area contributed by atoms with E-state index in [9.17, 15) is 4.79 Å². The zero-order valence-corrected chi connectivity index (χ0v) is 18.3. The first-order valence-corrected chi connectivity index (χ1v) is 11.0. The molecule has 1 aromatic rings. The Balaban J connectivity index is 1.62. The molecule has 0 aromatic heterocycles. The second-order valence-corrected chi connectivity index (χ2v) is 8.56. The molecule has 0 bridgehead atoms. The van der Waals surface area contributed by atoms with E-state index >= 15 is 0 Å².